The van der Waals surface area contributed by atoms with Crippen molar-refractivity contribution in [2.24, 2.45) is 11.8 Å². The van der Waals surface area contributed by atoms with Gasteiger partial charge in [-0.25, -0.2) is 4.79 Å². The zero-order valence-corrected chi connectivity index (χ0v) is 14.8. The van der Waals surface area contributed by atoms with Gasteiger partial charge in [0, 0.05) is 24.9 Å². The predicted octanol–water partition coefficient (Wildman–Crippen LogP) is 2.23. The van der Waals surface area contributed by atoms with Gasteiger partial charge in [-0.3, -0.25) is 4.79 Å². The normalized spacial score (nSPS) is 31.6. The summed E-state index contributed by atoms with van der Waals surface area (Å²) in [6.45, 7) is 4.02. The SMILES string of the molecule is CCC(=O)OC(C)=C[C@H]1[C@H](OC2CCCCO2)CC[C@H]1C(O)C(=O)O. The molecular formula is C18H28O7. The van der Waals surface area contributed by atoms with Crippen molar-refractivity contribution >= 4 is 11.9 Å². The summed E-state index contributed by atoms with van der Waals surface area (Å²) in [4.78, 5) is 22.7. The number of carboxylic acid groups (broad SMARTS) is 1. The topological polar surface area (TPSA) is 102 Å². The second-order valence-corrected chi connectivity index (χ2v) is 6.68. The van der Waals surface area contributed by atoms with Crippen LogP contribution in [0.15, 0.2) is 11.8 Å². The van der Waals surface area contributed by atoms with E-state index in [0.717, 1.165) is 19.3 Å². The molecule has 7 nitrogen and oxygen atoms in total. The summed E-state index contributed by atoms with van der Waals surface area (Å²) in [6, 6.07) is 0. The first-order valence-electron chi connectivity index (χ1n) is 8.99. The molecule has 0 spiro atoms. The van der Waals surface area contributed by atoms with Crippen LogP contribution in [0.2, 0.25) is 0 Å². The number of carboxylic acids is 1. The summed E-state index contributed by atoms with van der Waals surface area (Å²) in [7, 11) is 0. The maximum Gasteiger partial charge on any atom is 0.332 e. The molecule has 1 saturated heterocycles. The summed E-state index contributed by atoms with van der Waals surface area (Å²) in [5.74, 6) is -2.03. The number of ether oxygens (including phenoxy) is 3. The van der Waals surface area contributed by atoms with Gasteiger partial charge in [0.2, 0.25) is 0 Å². The first-order chi connectivity index (χ1) is 11.9. The van der Waals surface area contributed by atoms with Gasteiger partial charge < -0.3 is 24.4 Å². The molecule has 142 valence electrons. The van der Waals surface area contributed by atoms with Crippen LogP contribution in [0.3, 0.4) is 0 Å². The third-order valence-electron chi connectivity index (χ3n) is 4.82. The lowest BCUT2D eigenvalue weighted by Gasteiger charge is -2.30. The quantitative estimate of drug-likeness (QED) is 0.532. The van der Waals surface area contributed by atoms with Crippen LogP contribution in [-0.2, 0) is 23.8 Å². The highest BCUT2D eigenvalue weighted by molar-refractivity contribution is 5.72. The fraction of sp³-hybridized carbons (Fsp3) is 0.778. The monoisotopic (exact) mass is 356 g/mol. The van der Waals surface area contributed by atoms with E-state index in [1.807, 2.05) is 0 Å². The first-order valence-corrected chi connectivity index (χ1v) is 8.99. The molecule has 0 amide bonds. The maximum absolute atomic E-state index is 11.5. The Balaban J connectivity index is 2.12. The number of rotatable bonds is 7. The molecule has 0 aromatic rings. The second-order valence-electron chi connectivity index (χ2n) is 6.68. The van der Waals surface area contributed by atoms with E-state index in [4.69, 9.17) is 19.3 Å². The Kier molecular flexibility index (Phi) is 7.40. The molecule has 0 aromatic carbocycles. The van der Waals surface area contributed by atoms with E-state index in [-0.39, 0.29) is 30.7 Å². The summed E-state index contributed by atoms with van der Waals surface area (Å²) >= 11 is 0. The molecule has 0 radical (unpaired) electrons. The van der Waals surface area contributed by atoms with E-state index in [2.05, 4.69) is 0 Å². The van der Waals surface area contributed by atoms with Gasteiger partial charge in [0.25, 0.3) is 0 Å². The summed E-state index contributed by atoms with van der Waals surface area (Å²) in [6.07, 6.45) is 3.95. The minimum Gasteiger partial charge on any atom is -0.479 e. The molecule has 1 aliphatic heterocycles. The highest BCUT2D eigenvalue weighted by Gasteiger charge is 2.43. The largest absolute Gasteiger partial charge is 0.479 e. The van der Waals surface area contributed by atoms with E-state index in [1.54, 1.807) is 19.9 Å². The molecule has 25 heavy (non-hydrogen) atoms. The Labute approximate surface area is 147 Å². The predicted molar refractivity (Wildman–Crippen MR) is 88.5 cm³/mol. The fourth-order valence-corrected chi connectivity index (χ4v) is 3.53. The van der Waals surface area contributed by atoms with Crippen LogP contribution in [0.4, 0.5) is 0 Å². The number of aliphatic hydroxyl groups excluding tert-OH is 1. The van der Waals surface area contributed by atoms with E-state index in [1.165, 1.54) is 0 Å². The molecule has 2 unspecified atom stereocenters. The van der Waals surface area contributed by atoms with Crippen LogP contribution < -0.4 is 0 Å². The van der Waals surface area contributed by atoms with Crippen LogP contribution in [0.5, 0.6) is 0 Å². The minimum absolute atomic E-state index is 0.257. The van der Waals surface area contributed by atoms with Gasteiger partial charge in [-0.15, -0.1) is 0 Å². The number of carbonyl (C=O) groups is 2. The maximum atomic E-state index is 11.5. The van der Waals surface area contributed by atoms with Gasteiger partial charge in [-0.1, -0.05) is 6.92 Å². The zero-order chi connectivity index (χ0) is 18.4. The second kappa shape index (κ2) is 9.31. The number of allylic oxidation sites excluding steroid dienone is 1. The number of carbonyl (C=O) groups excluding carboxylic acids is 1. The smallest absolute Gasteiger partial charge is 0.332 e. The van der Waals surface area contributed by atoms with E-state index in [9.17, 15) is 14.7 Å². The third kappa shape index (κ3) is 5.52. The van der Waals surface area contributed by atoms with Crippen molar-refractivity contribution in [3.8, 4) is 0 Å². The van der Waals surface area contributed by atoms with E-state index < -0.39 is 18.0 Å². The van der Waals surface area contributed by atoms with Crippen LogP contribution in [0.25, 0.3) is 0 Å². The van der Waals surface area contributed by atoms with Gasteiger partial charge in [0.05, 0.1) is 6.10 Å². The van der Waals surface area contributed by atoms with Gasteiger partial charge in [-0.2, -0.15) is 0 Å². The highest BCUT2D eigenvalue weighted by Crippen LogP contribution is 2.39. The number of aliphatic hydroxyl groups is 1. The molecule has 2 N–H and O–H groups in total. The average molecular weight is 356 g/mol. The van der Waals surface area contributed by atoms with Crippen LogP contribution in [-0.4, -0.2) is 47.3 Å². The van der Waals surface area contributed by atoms with Gasteiger partial charge >= 0.3 is 11.9 Å². The molecule has 5 atom stereocenters. The zero-order valence-electron chi connectivity index (χ0n) is 14.8. The number of hydrogen-bond acceptors (Lipinski definition) is 6. The molecule has 1 heterocycles. The highest BCUT2D eigenvalue weighted by atomic mass is 16.7. The third-order valence-corrected chi connectivity index (χ3v) is 4.82. The Morgan fingerprint density at radius 2 is 2.04 bits per heavy atom. The molecule has 2 fully saturated rings. The number of hydrogen-bond donors (Lipinski definition) is 2. The Bertz CT molecular complexity index is 496. The minimum atomic E-state index is -1.48. The van der Waals surface area contributed by atoms with Gasteiger partial charge in [0.1, 0.15) is 5.76 Å². The average Bonchev–Trinajstić information content (AvgIpc) is 2.97. The summed E-state index contributed by atoms with van der Waals surface area (Å²) in [5, 5.41) is 19.2. The Hall–Kier alpha value is -1.44. The first kappa shape index (κ1) is 19.9. The molecular weight excluding hydrogens is 328 g/mol. The van der Waals surface area contributed by atoms with Gasteiger partial charge in [0.15, 0.2) is 12.4 Å². The van der Waals surface area contributed by atoms with E-state index >= 15 is 0 Å². The molecule has 1 aliphatic carbocycles. The van der Waals surface area contributed by atoms with E-state index in [0.29, 0.717) is 25.2 Å². The van der Waals surface area contributed by atoms with Gasteiger partial charge in [-0.05, 0) is 45.1 Å². The molecule has 7 heteroatoms. The van der Waals surface area contributed by atoms with Crippen LogP contribution >= 0.6 is 0 Å². The summed E-state index contributed by atoms with van der Waals surface area (Å²) < 4.78 is 16.9. The lowest BCUT2D eigenvalue weighted by Crippen LogP contribution is -2.36. The Morgan fingerprint density at radius 3 is 2.64 bits per heavy atom. The molecule has 0 aromatic heterocycles. The van der Waals surface area contributed by atoms with Crippen molar-refractivity contribution in [3.63, 3.8) is 0 Å². The van der Waals surface area contributed by atoms with Crippen molar-refractivity contribution in [2.75, 3.05) is 6.61 Å². The summed E-state index contributed by atoms with van der Waals surface area (Å²) in [5.41, 5.74) is 0. The lowest BCUT2D eigenvalue weighted by atomic mass is 9.89. The van der Waals surface area contributed by atoms with Crippen LogP contribution in [0.1, 0.15) is 52.4 Å². The van der Waals surface area contributed by atoms with Crippen molar-refractivity contribution < 1.29 is 34.0 Å². The molecule has 2 rings (SSSR count). The van der Waals surface area contributed by atoms with Crippen molar-refractivity contribution in [2.45, 2.75) is 70.9 Å². The molecule has 2 aliphatic rings. The lowest BCUT2D eigenvalue weighted by molar-refractivity contribution is -0.194. The molecule has 0 bridgehead atoms. The standard InChI is InChI=1S/C18H28O7/c1-3-15(19)24-11(2)10-13-12(17(20)18(21)22)7-8-14(13)25-16-6-4-5-9-23-16/h10,12-14,16-17,20H,3-9H2,1-2H3,(H,21,22)/t12-,13-,14-,16?,17?/m1/s1. The van der Waals surface area contributed by atoms with Crippen molar-refractivity contribution in [1.29, 1.82) is 0 Å². The number of aliphatic carboxylic acids is 1. The Morgan fingerprint density at radius 1 is 1.28 bits per heavy atom. The fourth-order valence-electron chi connectivity index (χ4n) is 3.53. The molecule has 1 saturated carbocycles. The van der Waals surface area contributed by atoms with Crippen molar-refractivity contribution in [1.82, 2.24) is 0 Å². The van der Waals surface area contributed by atoms with Crippen molar-refractivity contribution in [3.05, 3.63) is 11.8 Å². The van der Waals surface area contributed by atoms with Crippen LogP contribution in [0, 0.1) is 11.8 Å². The number of esters is 1.